The Hall–Kier alpha value is -3.18. The molecule has 0 fully saturated rings. The van der Waals surface area contributed by atoms with Crippen molar-refractivity contribution in [2.45, 2.75) is 105 Å². The van der Waals surface area contributed by atoms with E-state index in [1.807, 2.05) is 13.8 Å². The van der Waals surface area contributed by atoms with Crippen LogP contribution in [0.1, 0.15) is 86.5 Å². The van der Waals surface area contributed by atoms with Gasteiger partial charge in [-0.15, -0.1) is 0 Å². The van der Waals surface area contributed by atoms with Crippen LogP contribution in [-0.2, 0) is 47.7 Å². The van der Waals surface area contributed by atoms with E-state index in [1.54, 1.807) is 20.8 Å². The molecule has 0 aliphatic rings. The molecule has 0 aromatic carbocycles. The number of carbonyl (C=O) groups excluding carboxylic acids is 6. The van der Waals surface area contributed by atoms with Gasteiger partial charge < -0.3 is 30.0 Å². The number of nitrogens with one attached hydrogen (secondary N) is 1. The van der Waals surface area contributed by atoms with E-state index in [1.165, 1.54) is 6.92 Å². The van der Waals surface area contributed by atoms with E-state index < -0.39 is 59.4 Å². The van der Waals surface area contributed by atoms with Gasteiger partial charge in [0.15, 0.2) is 6.10 Å². The van der Waals surface area contributed by atoms with Crippen LogP contribution in [0.2, 0.25) is 0 Å². The Labute approximate surface area is 218 Å². The predicted octanol–water partition coefficient (Wildman–Crippen LogP) is 1.70. The van der Waals surface area contributed by atoms with Crippen LogP contribution in [0.25, 0.3) is 0 Å². The van der Waals surface area contributed by atoms with Gasteiger partial charge in [0.25, 0.3) is 5.91 Å². The minimum Gasteiger partial charge on any atom is -0.465 e. The fourth-order valence-corrected chi connectivity index (χ4v) is 3.08. The van der Waals surface area contributed by atoms with Crippen molar-refractivity contribution in [1.82, 2.24) is 5.32 Å². The number of amides is 2. The van der Waals surface area contributed by atoms with Gasteiger partial charge in [-0.1, -0.05) is 27.7 Å². The molecule has 37 heavy (non-hydrogen) atoms. The number of primary amides is 1. The number of ether oxygens (including phenoxy) is 4. The second kappa shape index (κ2) is 17.3. The van der Waals surface area contributed by atoms with Crippen molar-refractivity contribution >= 4 is 35.7 Å². The summed E-state index contributed by atoms with van der Waals surface area (Å²) < 4.78 is 21.0. The van der Waals surface area contributed by atoms with Crippen LogP contribution in [0, 0.1) is 5.41 Å². The minimum atomic E-state index is -1.40. The number of nitrogens with two attached hydrogens (primary N) is 1. The standard InChI is InChI=1S/C25H42N2O10/c1-7-9-19(29)35-16(3)13-21(31)34-15-25(5,6)23(24(33)27-12-11-18(26)28)37-22(32)14-17(4)36-20(30)10-8-2/h16-17,23H,7-15H2,1-6H3,(H2,26,28)(H,27,33)/t16-,17-,23?/m1/s1. The summed E-state index contributed by atoms with van der Waals surface area (Å²) in [6.45, 7) is 9.46. The van der Waals surface area contributed by atoms with Gasteiger partial charge >= 0.3 is 23.9 Å². The molecular formula is C25H42N2O10. The maximum Gasteiger partial charge on any atom is 0.310 e. The second-order valence-electron chi connectivity index (χ2n) is 9.54. The summed E-state index contributed by atoms with van der Waals surface area (Å²) in [5, 5.41) is 2.48. The normalized spacial score (nSPS) is 13.5. The zero-order valence-corrected chi connectivity index (χ0v) is 22.8. The Bertz CT molecular complexity index is 796. The molecule has 0 saturated heterocycles. The van der Waals surface area contributed by atoms with E-state index in [9.17, 15) is 28.8 Å². The van der Waals surface area contributed by atoms with E-state index in [0.717, 1.165) is 0 Å². The van der Waals surface area contributed by atoms with E-state index in [4.69, 9.17) is 24.7 Å². The van der Waals surface area contributed by atoms with Gasteiger partial charge in [-0.25, -0.2) is 0 Å². The Morgan fingerprint density at radius 2 is 1.24 bits per heavy atom. The number of hydrogen-bond acceptors (Lipinski definition) is 10. The molecular weight excluding hydrogens is 488 g/mol. The van der Waals surface area contributed by atoms with Gasteiger partial charge in [-0.3, -0.25) is 28.8 Å². The van der Waals surface area contributed by atoms with Crippen LogP contribution in [0.4, 0.5) is 0 Å². The van der Waals surface area contributed by atoms with E-state index in [0.29, 0.717) is 12.8 Å². The molecule has 0 saturated carbocycles. The van der Waals surface area contributed by atoms with Crippen LogP contribution in [0.3, 0.4) is 0 Å². The fraction of sp³-hybridized carbons (Fsp3) is 0.760. The molecule has 0 aliphatic heterocycles. The molecule has 0 rings (SSSR count). The molecule has 0 aromatic heterocycles. The predicted molar refractivity (Wildman–Crippen MR) is 132 cm³/mol. The first-order valence-corrected chi connectivity index (χ1v) is 12.5. The summed E-state index contributed by atoms with van der Waals surface area (Å²) in [6.07, 6.45) is -1.83. The average molecular weight is 531 g/mol. The number of esters is 4. The smallest absolute Gasteiger partial charge is 0.310 e. The highest BCUT2D eigenvalue weighted by Crippen LogP contribution is 2.26. The number of hydrogen-bond donors (Lipinski definition) is 2. The van der Waals surface area contributed by atoms with Gasteiger partial charge in [0.1, 0.15) is 18.8 Å². The highest BCUT2D eigenvalue weighted by atomic mass is 16.6. The highest BCUT2D eigenvalue weighted by Gasteiger charge is 2.40. The van der Waals surface area contributed by atoms with Crippen molar-refractivity contribution in [1.29, 1.82) is 0 Å². The van der Waals surface area contributed by atoms with Gasteiger partial charge in [0, 0.05) is 31.2 Å². The summed E-state index contributed by atoms with van der Waals surface area (Å²) in [4.78, 5) is 71.9. The lowest BCUT2D eigenvalue weighted by atomic mass is 9.86. The minimum absolute atomic E-state index is 0.0796. The number of rotatable bonds is 18. The maximum atomic E-state index is 12.8. The SMILES string of the molecule is CCCC(=O)O[C@H](C)CC(=O)OCC(C)(C)C(OC(=O)C[C@@H](C)OC(=O)CCC)C(=O)NCCC(N)=O. The molecule has 0 bridgehead atoms. The Balaban J connectivity index is 5.23. The van der Waals surface area contributed by atoms with Crippen LogP contribution < -0.4 is 11.1 Å². The molecule has 0 heterocycles. The molecule has 0 radical (unpaired) electrons. The Kier molecular flexibility index (Phi) is 15.8. The topological polar surface area (TPSA) is 177 Å². The van der Waals surface area contributed by atoms with Crippen molar-refractivity contribution in [3.05, 3.63) is 0 Å². The van der Waals surface area contributed by atoms with E-state index in [2.05, 4.69) is 5.32 Å². The van der Waals surface area contributed by atoms with Crippen LogP contribution in [-0.4, -0.2) is 67.2 Å². The third kappa shape index (κ3) is 15.5. The van der Waals surface area contributed by atoms with Gasteiger partial charge in [-0.2, -0.15) is 0 Å². The summed E-state index contributed by atoms with van der Waals surface area (Å²) >= 11 is 0. The third-order valence-corrected chi connectivity index (χ3v) is 4.95. The summed E-state index contributed by atoms with van der Waals surface area (Å²) in [5.74, 6) is -3.68. The van der Waals surface area contributed by atoms with Crippen LogP contribution in [0.15, 0.2) is 0 Å². The van der Waals surface area contributed by atoms with Crippen molar-refractivity contribution < 1.29 is 47.7 Å². The largest absolute Gasteiger partial charge is 0.465 e. The molecule has 0 aromatic rings. The maximum absolute atomic E-state index is 12.8. The van der Waals surface area contributed by atoms with Crippen molar-refractivity contribution in [2.75, 3.05) is 13.2 Å². The first-order chi connectivity index (χ1) is 17.2. The van der Waals surface area contributed by atoms with Crippen molar-refractivity contribution in [3.63, 3.8) is 0 Å². The lowest BCUT2D eigenvalue weighted by Gasteiger charge is -2.32. The van der Waals surface area contributed by atoms with Crippen LogP contribution in [0.5, 0.6) is 0 Å². The fourth-order valence-electron chi connectivity index (χ4n) is 3.08. The zero-order valence-electron chi connectivity index (χ0n) is 22.8. The molecule has 3 atom stereocenters. The summed E-state index contributed by atoms with van der Waals surface area (Å²) in [7, 11) is 0. The zero-order chi connectivity index (χ0) is 28.6. The van der Waals surface area contributed by atoms with Crippen LogP contribution >= 0.6 is 0 Å². The average Bonchev–Trinajstić information content (AvgIpc) is 2.75. The quantitative estimate of drug-likeness (QED) is 0.196. The first kappa shape index (κ1) is 33.8. The molecule has 12 nitrogen and oxygen atoms in total. The second-order valence-corrected chi connectivity index (χ2v) is 9.54. The van der Waals surface area contributed by atoms with Crippen molar-refractivity contribution in [3.8, 4) is 0 Å². The molecule has 0 spiro atoms. The summed E-state index contributed by atoms with van der Waals surface area (Å²) in [5.41, 5.74) is 3.91. The van der Waals surface area contributed by atoms with E-state index >= 15 is 0 Å². The summed E-state index contributed by atoms with van der Waals surface area (Å²) in [6, 6.07) is 0. The lowest BCUT2D eigenvalue weighted by Crippen LogP contribution is -2.49. The Morgan fingerprint density at radius 1 is 0.757 bits per heavy atom. The lowest BCUT2D eigenvalue weighted by molar-refractivity contribution is -0.172. The molecule has 2 amide bonds. The third-order valence-electron chi connectivity index (χ3n) is 4.95. The molecule has 12 heteroatoms. The van der Waals surface area contributed by atoms with Gasteiger partial charge in [-0.05, 0) is 26.7 Å². The molecule has 212 valence electrons. The molecule has 1 unspecified atom stereocenters. The molecule has 3 N–H and O–H groups in total. The van der Waals surface area contributed by atoms with Gasteiger partial charge in [0.2, 0.25) is 5.91 Å². The molecule has 0 aliphatic carbocycles. The number of carbonyl (C=O) groups is 6. The Morgan fingerprint density at radius 3 is 1.70 bits per heavy atom. The van der Waals surface area contributed by atoms with Gasteiger partial charge in [0.05, 0.1) is 12.8 Å². The monoisotopic (exact) mass is 530 g/mol. The van der Waals surface area contributed by atoms with E-state index in [-0.39, 0.29) is 45.3 Å². The highest BCUT2D eigenvalue weighted by molar-refractivity contribution is 5.85. The first-order valence-electron chi connectivity index (χ1n) is 12.5. The van der Waals surface area contributed by atoms with Crippen molar-refractivity contribution in [2.24, 2.45) is 11.1 Å².